The minimum absolute atomic E-state index is 0.0154. The third kappa shape index (κ3) is 2.87. The molecule has 1 aromatic heterocycles. The molecule has 1 saturated carbocycles. The second-order valence-electron chi connectivity index (χ2n) is 4.62. The van der Waals surface area contributed by atoms with Crippen molar-refractivity contribution in [1.82, 2.24) is 5.32 Å². The highest BCUT2D eigenvalue weighted by molar-refractivity contribution is 5.84. The lowest BCUT2D eigenvalue weighted by Crippen LogP contribution is -2.35. The molecule has 1 aromatic rings. The molecule has 1 aliphatic rings. The first-order chi connectivity index (χ1) is 8.06. The van der Waals surface area contributed by atoms with Crippen LogP contribution in [-0.2, 0) is 6.54 Å². The van der Waals surface area contributed by atoms with Crippen LogP contribution in [0.3, 0.4) is 0 Å². The average Bonchev–Trinajstić information content (AvgIpc) is 2.58. The monoisotopic (exact) mass is 239 g/mol. The number of hydrogen-bond acceptors (Lipinski definition) is 4. The Morgan fingerprint density at radius 3 is 2.82 bits per heavy atom. The lowest BCUT2D eigenvalue weighted by molar-refractivity contribution is 0.0429. The molecule has 1 fully saturated rings. The van der Waals surface area contributed by atoms with Gasteiger partial charge < -0.3 is 19.9 Å². The van der Waals surface area contributed by atoms with Gasteiger partial charge >= 0.3 is 5.97 Å². The third-order valence-electron chi connectivity index (χ3n) is 3.19. The number of aliphatic hydroxyl groups excluding tert-OH is 1. The van der Waals surface area contributed by atoms with E-state index >= 15 is 0 Å². The summed E-state index contributed by atoms with van der Waals surface area (Å²) in [6.07, 6.45) is 1.59. The highest BCUT2D eigenvalue weighted by Gasteiger charge is 2.26. The normalized spacial score (nSPS) is 23.4. The molecule has 5 nitrogen and oxygen atoms in total. The Hall–Kier alpha value is -1.33. The van der Waals surface area contributed by atoms with Gasteiger partial charge in [-0.2, -0.15) is 0 Å². The van der Waals surface area contributed by atoms with E-state index in [-0.39, 0.29) is 11.9 Å². The van der Waals surface area contributed by atoms with Crippen molar-refractivity contribution in [3.8, 4) is 0 Å². The van der Waals surface area contributed by atoms with E-state index in [9.17, 15) is 4.79 Å². The molecule has 0 atom stereocenters. The molecule has 17 heavy (non-hydrogen) atoms. The number of aromatic carboxylic acids is 1. The number of furan rings is 1. The molecule has 1 heterocycles. The molecule has 0 saturated heterocycles. The predicted octanol–water partition coefficient (Wildman–Crippen LogP) is 1.15. The van der Waals surface area contributed by atoms with Crippen molar-refractivity contribution in [2.45, 2.75) is 32.4 Å². The first-order valence-corrected chi connectivity index (χ1v) is 5.77. The maximum absolute atomic E-state index is 10.7. The van der Waals surface area contributed by atoms with Gasteiger partial charge in [-0.25, -0.2) is 4.79 Å². The van der Waals surface area contributed by atoms with Gasteiger partial charge in [0, 0.05) is 12.1 Å². The molecule has 3 N–H and O–H groups in total. The van der Waals surface area contributed by atoms with Gasteiger partial charge in [0.15, 0.2) is 0 Å². The van der Waals surface area contributed by atoms with E-state index < -0.39 is 5.97 Å². The minimum Gasteiger partial charge on any atom is -0.475 e. The number of carbonyl (C=O) groups is 1. The van der Waals surface area contributed by atoms with Crippen molar-refractivity contribution in [1.29, 1.82) is 0 Å². The van der Waals surface area contributed by atoms with E-state index in [0.29, 0.717) is 18.2 Å². The first-order valence-electron chi connectivity index (χ1n) is 5.77. The van der Waals surface area contributed by atoms with Crippen LogP contribution in [0.2, 0.25) is 0 Å². The van der Waals surface area contributed by atoms with Gasteiger partial charge in [0.25, 0.3) is 0 Å². The molecule has 0 amide bonds. The molecule has 2 rings (SSSR count). The maximum Gasteiger partial charge on any atom is 0.371 e. The summed E-state index contributed by atoms with van der Waals surface area (Å²) >= 11 is 0. The summed E-state index contributed by atoms with van der Waals surface area (Å²) < 4.78 is 5.11. The summed E-state index contributed by atoms with van der Waals surface area (Å²) in [5, 5.41) is 21.2. The lowest BCUT2D eigenvalue weighted by Gasteiger charge is -2.31. The van der Waals surface area contributed by atoms with Crippen molar-refractivity contribution in [2.24, 2.45) is 5.92 Å². The number of hydrogen-bond donors (Lipinski definition) is 3. The van der Waals surface area contributed by atoms with Gasteiger partial charge in [0.1, 0.15) is 5.76 Å². The summed E-state index contributed by atoms with van der Waals surface area (Å²) in [6, 6.07) is 1.56. The molecule has 0 aromatic carbocycles. The predicted molar refractivity (Wildman–Crippen MR) is 60.8 cm³/mol. The van der Waals surface area contributed by atoms with E-state index in [1.807, 2.05) is 0 Å². The molecular weight excluding hydrogens is 222 g/mol. The Morgan fingerprint density at radius 2 is 2.29 bits per heavy atom. The largest absolute Gasteiger partial charge is 0.475 e. The van der Waals surface area contributed by atoms with Crippen LogP contribution in [0.4, 0.5) is 0 Å². The van der Waals surface area contributed by atoms with E-state index in [4.69, 9.17) is 14.6 Å². The summed E-state index contributed by atoms with van der Waals surface area (Å²) in [7, 11) is 0. The van der Waals surface area contributed by atoms with Crippen LogP contribution in [-0.4, -0.2) is 28.8 Å². The van der Waals surface area contributed by atoms with E-state index in [0.717, 1.165) is 24.9 Å². The Balaban J connectivity index is 1.80. The second kappa shape index (κ2) is 4.89. The standard InChI is InChI=1S/C12H17NO4/c1-7-9(4-11(17-7)12(15)16)6-13-5-8-2-10(14)3-8/h4,8,10,13-14H,2-3,5-6H2,1H3,(H,15,16). The Labute approximate surface area is 99.4 Å². The van der Waals surface area contributed by atoms with E-state index in [2.05, 4.69) is 5.32 Å². The highest BCUT2D eigenvalue weighted by Crippen LogP contribution is 2.26. The molecule has 5 heteroatoms. The zero-order valence-corrected chi connectivity index (χ0v) is 9.77. The van der Waals surface area contributed by atoms with Crippen molar-refractivity contribution < 1.29 is 19.4 Å². The van der Waals surface area contributed by atoms with Gasteiger partial charge in [-0.1, -0.05) is 0 Å². The van der Waals surface area contributed by atoms with Crippen LogP contribution in [0.5, 0.6) is 0 Å². The number of carboxylic acids is 1. The van der Waals surface area contributed by atoms with Crippen molar-refractivity contribution in [3.63, 3.8) is 0 Å². The van der Waals surface area contributed by atoms with Crippen LogP contribution >= 0.6 is 0 Å². The smallest absolute Gasteiger partial charge is 0.371 e. The Morgan fingerprint density at radius 1 is 1.59 bits per heavy atom. The van der Waals surface area contributed by atoms with Crippen molar-refractivity contribution >= 4 is 5.97 Å². The molecular formula is C12H17NO4. The third-order valence-corrected chi connectivity index (χ3v) is 3.19. The van der Waals surface area contributed by atoms with E-state index in [1.165, 1.54) is 0 Å². The van der Waals surface area contributed by atoms with Gasteiger partial charge in [-0.3, -0.25) is 0 Å². The van der Waals surface area contributed by atoms with Crippen LogP contribution in [0, 0.1) is 12.8 Å². The number of nitrogens with one attached hydrogen (secondary N) is 1. The van der Waals surface area contributed by atoms with Crippen LogP contribution in [0.1, 0.15) is 34.7 Å². The van der Waals surface area contributed by atoms with Crippen molar-refractivity contribution in [2.75, 3.05) is 6.54 Å². The zero-order chi connectivity index (χ0) is 12.4. The van der Waals surface area contributed by atoms with Gasteiger partial charge in [0.05, 0.1) is 6.10 Å². The topological polar surface area (TPSA) is 82.7 Å². The van der Waals surface area contributed by atoms with Crippen LogP contribution in [0.25, 0.3) is 0 Å². The number of rotatable bonds is 5. The molecule has 0 bridgehead atoms. The summed E-state index contributed by atoms with van der Waals surface area (Å²) in [6.45, 7) is 3.22. The number of aryl methyl sites for hydroxylation is 1. The molecule has 1 aliphatic carbocycles. The first kappa shape index (κ1) is 12.1. The van der Waals surface area contributed by atoms with Crippen LogP contribution in [0.15, 0.2) is 10.5 Å². The Kier molecular flexibility index (Phi) is 3.49. The van der Waals surface area contributed by atoms with Gasteiger partial charge in [-0.15, -0.1) is 0 Å². The highest BCUT2D eigenvalue weighted by atomic mass is 16.4. The molecule has 0 spiro atoms. The quantitative estimate of drug-likeness (QED) is 0.718. The fourth-order valence-electron chi connectivity index (χ4n) is 2.08. The summed E-state index contributed by atoms with van der Waals surface area (Å²) in [5.74, 6) is 0.125. The SMILES string of the molecule is Cc1oc(C(=O)O)cc1CNCC1CC(O)C1. The number of aliphatic hydroxyl groups is 1. The van der Waals surface area contributed by atoms with Crippen LogP contribution < -0.4 is 5.32 Å². The van der Waals surface area contributed by atoms with Crippen molar-refractivity contribution in [3.05, 3.63) is 23.2 Å². The zero-order valence-electron chi connectivity index (χ0n) is 9.77. The summed E-state index contributed by atoms with van der Waals surface area (Å²) in [4.78, 5) is 10.7. The minimum atomic E-state index is -1.04. The Bertz CT molecular complexity index is 407. The maximum atomic E-state index is 10.7. The fraction of sp³-hybridized carbons (Fsp3) is 0.583. The fourth-order valence-corrected chi connectivity index (χ4v) is 2.08. The summed E-state index contributed by atoms with van der Waals surface area (Å²) in [5.41, 5.74) is 0.877. The lowest BCUT2D eigenvalue weighted by atomic mass is 9.82. The average molecular weight is 239 g/mol. The van der Waals surface area contributed by atoms with Gasteiger partial charge in [-0.05, 0) is 38.3 Å². The molecule has 94 valence electrons. The second-order valence-corrected chi connectivity index (χ2v) is 4.62. The molecule has 0 aliphatic heterocycles. The molecule has 0 radical (unpaired) electrons. The number of carboxylic acid groups (broad SMARTS) is 1. The molecule has 0 unspecified atom stereocenters. The van der Waals surface area contributed by atoms with Gasteiger partial charge in [0.2, 0.25) is 5.76 Å². The van der Waals surface area contributed by atoms with E-state index in [1.54, 1.807) is 13.0 Å².